The van der Waals surface area contributed by atoms with Gasteiger partial charge in [0.15, 0.2) is 0 Å². The first-order valence-corrected chi connectivity index (χ1v) is 9.76. The molecule has 0 aliphatic heterocycles. The van der Waals surface area contributed by atoms with Crippen LogP contribution < -0.4 is 14.8 Å². The van der Waals surface area contributed by atoms with Gasteiger partial charge in [-0.3, -0.25) is 9.48 Å². The Labute approximate surface area is 177 Å². The second kappa shape index (κ2) is 9.78. The Morgan fingerprint density at radius 3 is 2.57 bits per heavy atom. The number of amides is 1. The molecule has 0 saturated carbocycles. The van der Waals surface area contributed by atoms with Crippen molar-refractivity contribution in [3.05, 3.63) is 82.7 Å². The zero-order valence-corrected chi connectivity index (χ0v) is 17.8. The number of methoxy groups -OCH3 is 1. The predicted octanol–water partition coefficient (Wildman–Crippen LogP) is 3.95. The molecule has 0 spiro atoms. The normalized spacial score (nSPS) is 10.9. The van der Waals surface area contributed by atoms with E-state index in [1.807, 2.05) is 69.4 Å². The number of carbonyl (C=O) groups is 1. The third-order valence-electron chi connectivity index (χ3n) is 4.69. The molecule has 1 amide bonds. The maximum absolute atomic E-state index is 12.2. The van der Waals surface area contributed by atoms with Crippen molar-refractivity contribution in [2.24, 2.45) is 7.05 Å². The Balaban J connectivity index is 1.62. The van der Waals surface area contributed by atoms with E-state index in [1.165, 1.54) is 11.6 Å². The van der Waals surface area contributed by atoms with Gasteiger partial charge in [-0.2, -0.15) is 5.10 Å². The number of aryl methyl sites for hydroxylation is 3. The standard InChI is InChI=1S/C24H27N3O3/c1-17-5-9-22(10-6-17)30-16-20-14-19(7-11-23(20)29-4)8-12-24(28)25-15-21-13-18(2)26-27(21)3/h5-14H,15-16H2,1-4H3,(H,25,28)/b12-8+. The van der Waals surface area contributed by atoms with E-state index in [4.69, 9.17) is 9.47 Å². The first kappa shape index (κ1) is 21.2. The van der Waals surface area contributed by atoms with Crippen LogP contribution >= 0.6 is 0 Å². The Bertz CT molecular complexity index is 1040. The van der Waals surface area contributed by atoms with E-state index in [0.717, 1.165) is 34.0 Å². The SMILES string of the molecule is COc1ccc(/C=C/C(=O)NCc2cc(C)nn2C)cc1COc1ccc(C)cc1. The van der Waals surface area contributed by atoms with E-state index in [1.54, 1.807) is 17.9 Å². The summed E-state index contributed by atoms with van der Waals surface area (Å²) in [6.07, 6.45) is 3.30. The highest BCUT2D eigenvalue weighted by atomic mass is 16.5. The third kappa shape index (κ3) is 5.73. The summed E-state index contributed by atoms with van der Waals surface area (Å²) >= 11 is 0. The van der Waals surface area contributed by atoms with Crippen molar-refractivity contribution in [2.45, 2.75) is 27.0 Å². The number of aromatic nitrogens is 2. The molecule has 0 radical (unpaired) electrons. The molecule has 0 bridgehead atoms. The van der Waals surface area contributed by atoms with Gasteiger partial charge in [-0.15, -0.1) is 0 Å². The molecule has 0 aliphatic rings. The number of benzene rings is 2. The van der Waals surface area contributed by atoms with Crippen LogP contribution in [0.15, 0.2) is 54.6 Å². The van der Waals surface area contributed by atoms with Gasteiger partial charge in [-0.25, -0.2) is 0 Å². The fourth-order valence-electron chi connectivity index (χ4n) is 3.05. The summed E-state index contributed by atoms with van der Waals surface area (Å²) in [6, 6.07) is 15.6. The molecule has 2 aromatic carbocycles. The van der Waals surface area contributed by atoms with Gasteiger partial charge in [0.05, 0.1) is 25.0 Å². The molecule has 156 valence electrons. The summed E-state index contributed by atoms with van der Waals surface area (Å²) < 4.78 is 13.1. The van der Waals surface area contributed by atoms with E-state index in [0.29, 0.717) is 13.2 Å². The molecule has 0 saturated heterocycles. The third-order valence-corrected chi connectivity index (χ3v) is 4.69. The second-order valence-electron chi connectivity index (χ2n) is 7.12. The highest BCUT2D eigenvalue weighted by molar-refractivity contribution is 5.91. The molecule has 6 nitrogen and oxygen atoms in total. The molecule has 1 heterocycles. The van der Waals surface area contributed by atoms with Crippen LogP contribution in [0.1, 0.15) is 28.1 Å². The Kier molecular flexibility index (Phi) is 6.91. The lowest BCUT2D eigenvalue weighted by Crippen LogP contribution is -2.21. The summed E-state index contributed by atoms with van der Waals surface area (Å²) in [4.78, 5) is 12.2. The zero-order chi connectivity index (χ0) is 21.5. The van der Waals surface area contributed by atoms with E-state index in [-0.39, 0.29) is 5.91 Å². The summed E-state index contributed by atoms with van der Waals surface area (Å²) in [6.45, 7) is 4.77. The van der Waals surface area contributed by atoms with Crippen LogP contribution in [0, 0.1) is 13.8 Å². The maximum Gasteiger partial charge on any atom is 0.244 e. The van der Waals surface area contributed by atoms with Gasteiger partial charge in [0, 0.05) is 18.7 Å². The molecule has 0 unspecified atom stereocenters. The van der Waals surface area contributed by atoms with Crippen LogP contribution in [0.5, 0.6) is 11.5 Å². The molecule has 6 heteroatoms. The van der Waals surface area contributed by atoms with Crippen molar-refractivity contribution in [2.75, 3.05) is 7.11 Å². The minimum absolute atomic E-state index is 0.165. The average molecular weight is 405 g/mol. The smallest absolute Gasteiger partial charge is 0.244 e. The van der Waals surface area contributed by atoms with Gasteiger partial charge >= 0.3 is 0 Å². The van der Waals surface area contributed by atoms with Gasteiger partial charge < -0.3 is 14.8 Å². The molecule has 0 aliphatic carbocycles. The van der Waals surface area contributed by atoms with Crippen LogP contribution in [-0.4, -0.2) is 22.8 Å². The van der Waals surface area contributed by atoms with Crippen molar-refractivity contribution >= 4 is 12.0 Å². The number of hydrogen-bond acceptors (Lipinski definition) is 4. The Morgan fingerprint density at radius 2 is 1.90 bits per heavy atom. The Morgan fingerprint density at radius 1 is 1.13 bits per heavy atom. The molecular weight excluding hydrogens is 378 g/mol. The van der Waals surface area contributed by atoms with Crippen molar-refractivity contribution in [1.82, 2.24) is 15.1 Å². The van der Waals surface area contributed by atoms with Crippen molar-refractivity contribution < 1.29 is 14.3 Å². The van der Waals surface area contributed by atoms with Gasteiger partial charge in [0.1, 0.15) is 18.1 Å². The zero-order valence-electron chi connectivity index (χ0n) is 17.8. The lowest BCUT2D eigenvalue weighted by atomic mass is 10.1. The summed E-state index contributed by atoms with van der Waals surface area (Å²) in [5.74, 6) is 1.38. The first-order chi connectivity index (χ1) is 14.4. The fraction of sp³-hybridized carbons (Fsp3) is 0.250. The number of nitrogens with zero attached hydrogens (tertiary/aromatic N) is 2. The van der Waals surface area contributed by atoms with Crippen molar-refractivity contribution in [3.8, 4) is 11.5 Å². The van der Waals surface area contributed by atoms with Gasteiger partial charge in [-0.05, 0) is 55.8 Å². The molecule has 3 rings (SSSR count). The first-order valence-electron chi connectivity index (χ1n) is 9.76. The van der Waals surface area contributed by atoms with Crippen molar-refractivity contribution in [3.63, 3.8) is 0 Å². The Hall–Kier alpha value is -3.54. The highest BCUT2D eigenvalue weighted by Gasteiger charge is 2.06. The van der Waals surface area contributed by atoms with Gasteiger partial charge in [-0.1, -0.05) is 23.8 Å². The van der Waals surface area contributed by atoms with Gasteiger partial charge in [0.2, 0.25) is 5.91 Å². The van der Waals surface area contributed by atoms with Crippen LogP contribution in [0.4, 0.5) is 0 Å². The maximum atomic E-state index is 12.2. The molecule has 30 heavy (non-hydrogen) atoms. The quantitative estimate of drug-likeness (QED) is 0.576. The highest BCUT2D eigenvalue weighted by Crippen LogP contribution is 2.23. The largest absolute Gasteiger partial charge is 0.496 e. The minimum Gasteiger partial charge on any atom is -0.496 e. The van der Waals surface area contributed by atoms with Gasteiger partial charge in [0.25, 0.3) is 0 Å². The summed E-state index contributed by atoms with van der Waals surface area (Å²) in [5, 5.41) is 7.15. The average Bonchev–Trinajstić information content (AvgIpc) is 3.07. The number of nitrogens with one attached hydrogen (secondary N) is 1. The lowest BCUT2D eigenvalue weighted by Gasteiger charge is -2.11. The van der Waals surface area contributed by atoms with E-state index in [9.17, 15) is 4.79 Å². The monoisotopic (exact) mass is 405 g/mol. The molecule has 1 aromatic heterocycles. The van der Waals surface area contributed by atoms with Crippen LogP contribution in [0.2, 0.25) is 0 Å². The number of hydrogen-bond donors (Lipinski definition) is 1. The number of ether oxygens (including phenoxy) is 2. The molecule has 0 fully saturated rings. The van der Waals surface area contributed by atoms with Crippen molar-refractivity contribution in [1.29, 1.82) is 0 Å². The lowest BCUT2D eigenvalue weighted by molar-refractivity contribution is -0.116. The van der Waals surface area contributed by atoms with Crippen LogP contribution in [-0.2, 0) is 25.0 Å². The number of rotatable bonds is 8. The van der Waals surface area contributed by atoms with E-state index in [2.05, 4.69) is 10.4 Å². The molecule has 0 atom stereocenters. The van der Waals surface area contributed by atoms with E-state index < -0.39 is 0 Å². The van der Waals surface area contributed by atoms with E-state index >= 15 is 0 Å². The van der Waals surface area contributed by atoms with Crippen LogP contribution in [0.3, 0.4) is 0 Å². The summed E-state index contributed by atoms with van der Waals surface area (Å²) in [5.41, 5.74) is 4.87. The summed E-state index contributed by atoms with van der Waals surface area (Å²) in [7, 11) is 3.50. The second-order valence-corrected chi connectivity index (χ2v) is 7.12. The fourth-order valence-corrected chi connectivity index (χ4v) is 3.05. The molecule has 1 N–H and O–H groups in total. The molecule has 3 aromatic rings. The topological polar surface area (TPSA) is 65.4 Å². The minimum atomic E-state index is -0.165. The number of carbonyl (C=O) groups excluding carboxylic acids is 1. The van der Waals surface area contributed by atoms with Crippen LogP contribution in [0.25, 0.3) is 6.08 Å². The predicted molar refractivity (Wildman–Crippen MR) is 117 cm³/mol. The molecular formula is C24H27N3O3.